The molecule has 0 amide bonds. The number of esters is 1. The van der Waals surface area contributed by atoms with Crippen molar-refractivity contribution in [1.29, 1.82) is 0 Å². The highest BCUT2D eigenvalue weighted by atomic mass is 16.5. The van der Waals surface area contributed by atoms with Crippen LogP contribution in [0.4, 0.5) is 0 Å². The molecular formula is C16H28O5. The lowest BCUT2D eigenvalue weighted by molar-refractivity contribution is -0.159. The van der Waals surface area contributed by atoms with E-state index < -0.39 is 18.3 Å². The van der Waals surface area contributed by atoms with Gasteiger partial charge in [0.15, 0.2) is 0 Å². The third-order valence-electron chi connectivity index (χ3n) is 3.77. The number of aliphatic hydroxyl groups is 2. The summed E-state index contributed by atoms with van der Waals surface area (Å²) in [4.78, 5) is 11.6. The van der Waals surface area contributed by atoms with Gasteiger partial charge in [-0.1, -0.05) is 32.3 Å². The Kier molecular flexibility index (Phi) is 7.93. The van der Waals surface area contributed by atoms with Crippen LogP contribution in [0.3, 0.4) is 0 Å². The van der Waals surface area contributed by atoms with E-state index in [-0.39, 0.29) is 11.9 Å². The molecule has 0 spiro atoms. The zero-order chi connectivity index (χ0) is 15.8. The molecule has 2 N–H and O–H groups in total. The number of hydrogen-bond donors (Lipinski definition) is 2. The van der Waals surface area contributed by atoms with Gasteiger partial charge in [0.25, 0.3) is 0 Å². The van der Waals surface area contributed by atoms with E-state index >= 15 is 0 Å². The van der Waals surface area contributed by atoms with Gasteiger partial charge in [-0.2, -0.15) is 0 Å². The van der Waals surface area contributed by atoms with Crippen LogP contribution in [0.5, 0.6) is 0 Å². The highest BCUT2D eigenvalue weighted by molar-refractivity contribution is 5.82. The maximum absolute atomic E-state index is 11.6. The van der Waals surface area contributed by atoms with Gasteiger partial charge >= 0.3 is 5.97 Å². The highest BCUT2D eigenvalue weighted by Gasteiger charge is 2.35. The zero-order valence-corrected chi connectivity index (χ0v) is 13.2. The molecule has 1 rings (SSSR count). The molecule has 0 aromatic heterocycles. The van der Waals surface area contributed by atoms with Crippen molar-refractivity contribution in [2.75, 3.05) is 13.2 Å². The highest BCUT2D eigenvalue weighted by Crippen LogP contribution is 2.24. The normalized spacial score (nSPS) is 30.2. The smallest absolute Gasteiger partial charge is 0.330 e. The Morgan fingerprint density at radius 2 is 2.05 bits per heavy atom. The summed E-state index contributed by atoms with van der Waals surface area (Å²) in [5, 5.41) is 19.8. The Balaban J connectivity index is 2.39. The van der Waals surface area contributed by atoms with E-state index in [2.05, 4.69) is 6.92 Å². The minimum Gasteiger partial charge on any atom is -0.463 e. The minimum absolute atomic E-state index is 0.0796. The van der Waals surface area contributed by atoms with Crippen molar-refractivity contribution in [2.45, 2.75) is 64.8 Å². The monoisotopic (exact) mass is 300 g/mol. The Morgan fingerprint density at radius 3 is 2.71 bits per heavy atom. The first-order valence-electron chi connectivity index (χ1n) is 7.77. The van der Waals surface area contributed by atoms with E-state index in [4.69, 9.17) is 9.47 Å². The molecule has 21 heavy (non-hydrogen) atoms. The van der Waals surface area contributed by atoms with Crippen LogP contribution in [0.25, 0.3) is 0 Å². The SMILES string of the molecule is CCCCCOC(=O)/C=C(\C)CC1OCC(C)C(O)C1O. The van der Waals surface area contributed by atoms with Crippen molar-refractivity contribution in [1.82, 2.24) is 0 Å². The van der Waals surface area contributed by atoms with Gasteiger partial charge in [0.2, 0.25) is 0 Å². The molecule has 0 aromatic rings. The number of hydrogen-bond acceptors (Lipinski definition) is 5. The van der Waals surface area contributed by atoms with E-state index in [1.54, 1.807) is 6.92 Å². The molecule has 4 atom stereocenters. The van der Waals surface area contributed by atoms with Crippen LogP contribution >= 0.6 is 0 Å². The first kappa shape index (κ1) is 18.1. The van der Waals surface area contributed by atoms with E-state index in [9.17, 15) is 15.0 Å². The predicted molar refractivity (Wildman–Crippen MR) is 79.8 cm³/mol. The molecule has 1 fully saturated rings. The molecule has 1 saturated heterocycles. The summed E-state index contributed by atoms with van der Waals surface area (Å²) in [6.07, 6.45) is 2.69. The molecule has 1 aliphatic heterocycles. The van der Waals surface area contributed by atoms with Crippen molar-refractivity contribution in [3.8, 4) is 0 Å². The van der Waals surface area contributed by atoms with Gasteiger partial charge in [0.1, 0.15) is 6.10 Å². The van der Waals surface area contributed by atoms with Crippen LogP contribution in [0.1, 0.15) is 46.5 Å². The second-order valence-corrected chi connectivity index (χ2v) is 5.90. The molecule has 5 nitrogen and oxygen atoms in total. The lowest BCUT2D eigenvalue weighted by atomic mass is 9.91. The van der Waals surface area contributed by atoms with E-state index in [0.717, 1.165) is 24.8 Å². The fourth-order valence-corrected chi connectivity index (χ4v) is 2.35. The van der Waals surface area contributed by atoms with Crippen molar-refractivity contribution >= 4 is 5.97 Å². The van der Waals surface area contributed by atoms with Crippen molar-refractivity contribution in [3.63, 3.8) is 0 Å². The first-order chi connectivity index (χ1) is 9.95. The van der Waals surface area contributed by atoms with Gasteiger partial charge in [-0.3, -0.25) is 0 Å². The van der Waals surface area contributed by atoms with Gasteiger partial charge in [0.05, 0.1) is 25.4 Å². The third-order valence-corrected chi connectivity index (χ3v) is 3.77. The van der Waals surface area contributed by atoms with Crippen LogP contribution in [0.2, 0.25) is 0 Å². The van der Waals surface area contributed by atoms with Crippen molar-refractivity contribution in [2.24, 2.45) is 5.92 Å². The molecule has 1 aliphatic rings. The number of aliphatic hydroxyl groups excluding tert-OH is 2. The fraction of sp³-hybridized carbons (Fsp3) is 0.812. The number of carbonyl (C=O) groups excluding carboxylic acids is 1. The number of ether oxygens (including phenoxy) is 2. The molecular weight excluding hydrogens is 272 g/mol. The average molecular weight is 300 g/mol. The van der Waals surface area contributed by atoms with Gasteiger partial charge < -0.3 is 19.7 Å². The standard InChI is InChI=1S/C16H28O5/c1-4-5-6-7-20-14(17)9-11(2)8-13-16(19)15(18)12(3)10-21-13/h9,12-13,15-16,18-19H,4-8,10H2,1-3H3/b11-9+. The summed E-state index contributed by atoms with van der Waals surface area (Å²) in [5.41, 5.74) is 0.779. The summed E-state index contributed by atoms with van der Waals surface area (Å²) < 4.78 is 10.6. The quantitative estimate of drug-likeness (QED) is 0.426. The summed E-state index contributed by atoms with van der Waals surface area (Å²) in [6, 6.07) is 0. The van der Waals surface area contributed by atoms with E-state index in [0.29, 0.717) is 19.6 Å². The second kappa shape index (κ2) is 9.18. The van der Waals surface area contributed by atoms with E-state index in [1.807, 2.05) is 6.92 Å². The summed E-state index contributed by atoms with van der Waals surface area (Å²) >= 11 is 0. The summed E-state index contributed by atoms with van der Waals surface area (Å²) in [6.45, 7) is 6.58. The fourth-order valence-electron chi connectivity index (χ4n) is 2.35. The lowest BCUT2D eigenvalue weighted by Crippen LogP contribution is -2.49. The second-order valence-electron chi connectivity index (χ2n) is 5.90. The van der Waals surface area contributed by atoms with Crippen molar-refractivity contribution < 1.29 is 24.5 Å². The summed E-state index contributed by atoms with van der Waals surface area (Å²) in [5.74, 6) is -0.438. The van der Waals surface area contributed by atoms with E-state index in [1.165, 1.54) is 6.08 Å². The Bertz CT molecular complexity index is 353. The largest absolute Gasteiger partial charge is 0.463 e. The molecule has 122 valence electrons. The molecule has 4 unspecified atom stereocenters. The first-order valence-corrected chi connectivity index (χ1v) is 7.77. The van der Waals surface area contributed by atoms with Gasteiger partial charge in [-0.15, -0.1) is 0 Å². The van der Waals surface area contributed by atoms with Crippen molar-refractivity contribution in [3.05, 3.63) is 11.6 Å². The van der Waals surface area contributed by atoms with Crippen LogP contribution < -0.4 is 0 Å². The van der Waals surface area contributed by atoms with Gasteiger partial charge in [-0.25, -0.2) is 4.79 Å². The lowest BCUT2D eigenvalue weighted by Gasteiger charge is -2.36. The molecule has 0 saturated carbocycles. The predicted octanol–water partition coefficient (Wildman–Crippen LogP) is 1.81. The summed E-state index contributed by atoms with van der Waals surface area (Å²) in [7, 11) is 0. The Morgan fingerprint density at radius 1 is 1.33 bits per heavy atom. The average Bonchev–Trinajstić information content (AvgIpc) is 2.44. The number of rotatable bonds is 7. The molecule has 1 heterocycles. The zero-order valence-electron chi connectivity index (χ0n) is 13.2. The maximum atomic E-state index is 11.6. The molecule has 0 aliphatic carbocycles. The molecule has 0 radical (unpaired) electrons. The topological polar surface area (TPSA) is 76.0 Å². The van der Waals surface area contributed by atoms with Crippen LogP contribution in [-0.2, 0) is 14.3 Å². The van der Waals surface area contributed by atoms with Gasteiger partial charge in [0, 0.05) is 12.0 Å². The minimum atomic E-state index is -0.919. The number of unbranched alkanes of at least 4 members (excludes halogenated alkanes) is 2. The Hall–Kier alpha value is -0.910. The number of carbonyl (C=O) groups is 1. The molecule has 0 aromatic carbocycles. The van der Waals surface area contributed by atoms with Crippen LogP contribution in [0.15, 0.2) is 11.6 Å². The Labute approximate surface area is 126 Å². The maximum Gasteiger partial charge on any atom is 0.330 e. The third kappa shape index (κ3) is 6.16. The molecule has 0 bridgehead atoms. The van der Waals surface area contributed by atoms with Crippen LogP contribution in [-0.4, -0.2) is 47.7 Å². The molecule has 5 heteroatoms. The van der Waals surface area contributed by atoms with Gasteiger partial charge in [-0.05, 0) is 19.8 Å². The van der Waals surface area contributed by atoms with Crippen LogP contribution in [0, 0.1) is 5.92 Å².